The summed E-state index contributed by atoms with van der Waals surface area (Å²) in [6, 6.07) is 12.4. The van der Waals surface area contributed by atoms with Crippen molar-refractivity contribution in [3.05, 3.63) is 83.4 Å². The zero-order valence-corrected chi connectivity index (χ0v) is 14.2. The Balaban J connectivity index is 1.49. The number of fused-ring (bicyclic) bond motifs is 1. The van der Waals surface area contributed by atoms with E-state index in [1.54, 1.807) is 48.9 Å². The third kappa shape index (κ3) is 3.32. The highest BCUT2D eigenvalue weighted by atomic mass is 16.5. The van der Waals surface area contributed by atoms with Gasteiger partial charge in [0.15, 0.2) is 5.65 Å². The van der Waals surface area contributed by atoms with Gasteiger partial charge in [-0.05, 0) is 23.8 Å². The van der Waals surface area contributed by atoms with Crippen molar-refractivity contribution >= 4 is 11.6 Å². The van der Waals surface area contributed by atoms with Crippen molar-refractivity contribution in [2.75, 3.05) is 6.61 Å². The van der Waals surface area contributed by atoms with Gasteiger partial charge in [0, 0.05) is 24.2 Å². The van der Waals surface area contributed by atoms with E-state index in [1.165, 1.54) is 15.4 Å². The summed E-state index contributed by atoms with van der Waals surface area (Å²) in [5, 5.41) is 4.21. The molecule has 0 saturated heterocycles. The van der Waals surface area contributed by atoms with Crippen LogP contribution in [0.4, 0.5) is 0 Å². The van der Waals surface area contributed by atoms with Gasteiger partial charge < -0.3 is 4.74 Å². The van der Waals surface area contributed by atoms with Gasteiger partial charge in [0.05, 0.1) is 12.1 Å². The quantitative estimate of drug-likeness (QED) is 0.504. The van der Waals surface area contributed by atoms with Crippen molar-refractivity contribution in [2.45, 2.75) is 6.54 Å². The summed E-state index contributed by atoms with van der Waals surface area (Å²) in [6.07, 6.45) is 6.34. The van der Waals surface area contributed by atoms with Crippen LogP contribution in [-0.2, 0) is 11.3 Å². The topological polar surface area (TPSA) is 91.4 Å². The van der Waals surface area contributed by atoms with Gasteiger partial charge in [-0.1, -0.05) is 24.3 Å². The maximum absolute atomic E-state index is 12.5. The number of ether oxygens (including phenoxy) is 1. The molecule has 27 heavy (non-hydrogen) atoms. The molecule has 3 heterocycles. The Morgan fingerprint density at radius 1 is 1.04 bits per heavy atom. The first kappa shape index (κ1) is 16.6. The Hall–Kier alpha value is -3.81. The van der Waals surface area contributed by atoms with Crippen molar-refractivity contribution in [3.63, 3.8) is 0 Å². The Morgan fingerprint density at radius 2 is 1.81 bits per heavy atom. The summed E-state index contributed by atoms with van der Waals surface area (Å²) in [4.78, 5) is 32.7. The number of rotatable bonds is 5. The fraction of sp³-hybridized carbons (Fsp3) is 0.105. The van der Waals surface area contributed by atoms with Crippen molar-refractivity contribution in [3.8, 4) is 11.1 Å². The summed E-state index contributed by atoms with van der Waals surface area (Å²) in [6.45, 7) is 0.200. The van der Waals surface area contributed by atoms with Crippen LogP contribution in [0.1, 0.15) is 10.4 Å². The van der Waals surface area contributed by atoms with E-state index < -0.39 is 5.97 Å². The van der Waals surface area contributed by atoms with Gasteiger partial charge in [-0.25, -0.2) is 24.2 Å². The number of carbonyl (C=O) groups excluding carboxylic acids is 1. The fourth-order valence-corrected chi connectivity index (χ4v) is 2.77. The predicted octanol–water partition coefficient (Wildman–Crippen LogP) is 1.81. The minimum atomic E-state index is -0.480. The van der Waals surface area contributed by atoms with Crippen molar-refractivity contribution < 1.29 is 9.53 Å². The minimum absolute atomic E-state index is 0.0300. The molecule has 4 rings (SSSR count). The molecule has 1 aromatic carbocycles. The lowest BCUT2D eigenvalue weighted by atomic mass is 10.0. The second kappa shape index (κ2) is 7.20. The van der Waals surface area contributed by atoms with Crippen LogP contribution in [0.3, 0.4) is 0 Å². The van der Waals surface area contributed by atoms with Gasteiger partial charge in [0.2, 0.25) is 0 Å². The summed E-state index contributed by atoms with van der Waals surface area (Å²) < 4.78 is 8.07. The highest BCUT2D eigenvalue weighted by molar-refractivity contribution is 5.97. The monoisotopic (exact) mass is 361 g/mol. The van der Waals surface area contributed by atoms with Crippen LogP contribution in [0.2, 0.25) is 0 Å². The molecule has 0 saturated carbocycles. The summed E-state index contributed by atoms with van der Waals surface area (Å²) in [7, 11) is 0. The number of esters is 1. The molecule has 0 amide bonds. The smallest absolute Gasteiger partial charge is 0.350 e. The van der Waals surface area contributed by atoms with Crippen LogP contribution < -0.4 is 5.69 Å². The van der Waals surface area contributed by atoms with E-state index in [2.05, 4.69) is 15.1 Å². The first-order chi connectivity index (χ1) is 13.2. The van der Waals surface area contributed by atoms with E-state index in [0.29, 0.717) is 16.8 Å². The first-order valence-electron chi connectivity index (χ1n) is 8.30. The molecule has 8 nitrogen and oxygen atoms in total. The molecule has 4 aromatic rings. The van der Waals surface area contributed by atoms with Crippen LogP contribution in [0.25, 0.3) is 16.8 Å². The molecule has 0 aliphatic heterocycles. The lowest BCUT2D eigenvalue weighted by Gasteiger charge is -2.09. The maximum atomic E-state index is 12.5. The van der Waals surface area contributed by atoms with E-state index in [1.807, 2.05) is 12.1 Å². The predicted molar refractivity (Wildman–Crippen MR) is 97.2 cm³/mol. The molecule has 0 N–H and O–H groups in total. The molecule has 0 radical (unpaired) electrons. The molecule has 0 spiro atoms. The molecular weight excluding hydrogens is 346 g/mol. The number of hydrogen-bond acceptors (Lipinski definition) is 6. The largest absolute Gasteiger partial charge is 0.460 e. The SMILES string of the molecule is O=C(OCCn1nc2ccccn2c1=O)c1ccccc1-c1cncnc1. The number of carbonyl (C=O) groups is 1. The second-order valence-electron chi connectivity index (χ2n) is 5.74. The highest BCUT2D eigenvalue weighted by Gasteiger charge is 2.14. The molecule has 0 atom stereocenters. The average molecular weight is 361 g/mol. The molecule has 3 aromatic heterocycles. The third-order valence-electron chi connectivity index (χ3n) is 4.04. The molecule has 0 unspecified atom stereocenters. The fourth-order valence-electron chi connectivity index (χ4n) is 2.77. The Morgan fingerprint density at radius 3 is 2.63 bits per heavy atom. The third-order valence-corrected chi connectivity index (χ3v) is 4.04. The zero-order chi connectivity index (χ0) is 18.6. The lowest BCUT2D eigenvalue weighted by Crippen LogP contribution is -2.24. The van der Waals surface area contributed by atoms with Gasteiger partial charge >= 0.3 is 11.7 Å². The molecular formula is C19H15N5O3. The minimum Gasteiger partial charge on any atom is -0.460 e. The maximum Gasteiger partial charge on any atom is 0.350 e. The molecule has 0 aliphatic rings. The molecule has 8 heteroatoms. The number of benzene rings is 1. The van der Waals surface area contributed by atoms with Crippen molar-refractivity contribution in [2.24, 2.45) is 0 Å². The van der Waals surface area contributed by atoms with E-state index in [4.69, 9.17) is 4.74 Å². The normalized spacial score (nSPS) is 10.8. The second-order valence-corrected chi connectivity index (χ2v) is 5.74. The van der Waals surface area contributed by atoms with Gasteiger partial charge in [0.1, 0.15) is 12.9 Å². The first-order valence-corrected chi connectivity index (χ1v) is 8.30. The summed E-state index contributed by atoms with van der Waals surface area (Å²) in [5.74, 6) is -0.480. The Kier molecular flexibility index (Phi) is 4.44. The number of hydrogen-bond donors (Lipinski definition) is 0. The summed E-state index contributed by atoms with van der Waals surface area (Å²) in [5.41, 5.74) is 2.09. The van der Waals surface area contributed by atoms with Gasteiger partial charge in [-0.15, -0.1) is 5.10 Å². The summed E-state index contributed by atoms with van der Waals surface area (Å²) >= 11 is 0. The van der Waals surface area contributed by atoms with E-state index in [-0.39, 0.29) is 18.8 Å². The van der Waals surface area contributed by atoms with Gasteiger partial charge in [-0.2, -0.15) is 0 Å². The number of nitrogens with zero attached hydrogens (tertiary/aromatic N) is 5. The molecule has 0 fully saturated rings. The highest BCUT2D eigenvalue weighted by Crippen LogP contribution is 2.22. The Labute approximate surface area is 153 Å². The lowest BCUT2D eigenvalue weighted by molar-refractivity contribution is 0.0487. The van der Waals surface area contributed by atoms with Crippen molar-refractivity contribution in [1.29, 1.82) is 0 Å². The van der Waals surface area contributed by atoms with E-state index >= 15 is 0 Å². The molecule has 0 bridgehead atoms. The molecule has 0 aliphatic carbocycles. The number of aromatic nitrogens is 5. The van der Waals surface area contributed by atoms with Crippen LogP contribution in [0, 0.1) is 0 Å². The van der Waals surface area contributed by atoms with E-state index in [0.717, 1.165) is 5.56 Å². The Bertz CT molecular complexity index is 1150. The molecule has 134 valence electrons. The van der Waals surface area contributed by atoms with E-state index in [9.17, 15) is 9.59 Å². The zero-order valence-electron chi connectivity index (χ0n) is 14.2. The number of pyridine rings is 1. The average Bonchev–Trinajstić information content (AvgIpc) is 3.04. The van der Waals surface area contributed by atoms with Crippen LogP contribution in [0.5, 0.6) is 0 Å². The van der Waals surface area contributed by atoms with Crippen LogP contribution in [0.15, 0.2) is 72.2 Å². The standard InChI is InChI=1S/C19H15N5O3/c25-18(16-6-2-1-5-15(16)14-11-20-13-21-12-14)27-10-9-24-19(26)23-8-4-3-7-17(23)22-24/h1-8,11-13H,9-10H2. The van der Waals surface area contributed by atoms with Crippen LogP contribution in [-0.4, -0.2) is 36.7 Å². The van der Waals surface area contributed by atoms with Gasteiger partial charge in [-0.3, -0.25) is 4.40 Å². The van der Waals surface area contributed by atoms with Crippen LogP contribution >= 0.6 is 0 Å². The van der Waals surface area contributed by atoms with Gasteiger partial charge in [0.25, 0.3) is 0 Å². The van der Waals surface area contributed by atoms with Crippen molar-refractivity contribution in [1.82, 2.24) is 24.1 Å².